The van der Waals surface area contributed by atoms with E-state index in [-0.39, 0.29) is 19.0 Å². The first kappa shape index (κ1) is 21.9. The van der Waals surface area contributed by atoms with Crippen molar-refractivity contribution in [3.8, 4) is 23.4 Å². The normalized spacial score (nSPS) is 16.3. The SMILES string of the molecule is C[N+]#Cc1[nH]c(C2CC2)nc1-c1cc(C(=O)N2CC(F)(c3ccc(C#N)cc3)C2)c(C)cc1C. The third kappa shape index (κ3) is 3.74. The molecule has 3 aromatic rings. The number of carbonyl (C=O) groups is 1. The molecule has 1 saturated heterocycles. The molecule has 1 saturated carbocycles. The Labute approximate surface area is 197 Å². The molecule has 2 fully saturated rings. The van der Waals surface area contributed by atoms with Crippen LogP contribution in [0.2, 0.25) is 0 Å². The van der Waals surface area contributed by atoms with Crippen LogP contribution in [0.25, 0.3) is 16.1 Å². The first-order valence-corrected chi connectivity index (χ1v) is 11.4. The number of nitrogens with zero attached hydrogens (tertiary/aromatic N) is 4. The van der Waals surface area contributed by atoms with E-state index in [4.69, 9.17) is 10.2 Å². The molecular weight excluding hydrogens is 429 g/mol. The number of halogens is 1. The highest BCUT2D eigenvalue weighted by molar-refractivity contribution is 5.98. The molecule has 0 radical (unpaired) electrons. The second-order valence-electron chi connectivity index (χ2n) is 9.25. The summed E-state index contributed by atoms with van der Waals surface area (Å²) in [7, 11) is 1.67. The van der Waals surface area contributed by atoms with Crippen molar-refractivity contribution in [3.05, 3.63) is 80.6 Å². The van der Waals surface area contributed by atoms with Gasteiger partial charge in [0.1, 0.15) is 11.5 Å². The van der Waals surface area contributed by atoms with Gasteiger partial charge in [-0.3, -0.25) is 4.79 Å². The molecule has 2 aromatic carbocycles. The van der Waals surface area contributed by atoms with Crippen molar-refractivity contribution in [2.45, 2.75) is 38.3 Å². The zero-order valence-corrected chi connectivity index (χ0v) is 19.4. The van der Waals surface area contributed by atoms with Crippen LogP contribution in [-0.2, 0) is 5.67 Å². The highest BCUT2D eigenvalue weighted by Gasteiger charge is 2.47. The molecule has 0 unspecified atom stereocenters. The average molecular weight is 455 g/mol. The maximum atomic E-state index is 15.4. The number of nitrogens with one attached hydrogen (secondary N) is 1. The predicted octanol–water partition coefficient (Wildman–Crippen LogP) is 5.07. The van der Waals surface area contributed by atoms with Gasteiger partial charge in [0.25, 0.3) is 13.0 Å². The third-order valence-electron chi connectivity index (χ3n) is 6.67. The lowest BCUT2D eigenvalue weighted by Gasteiger charge is -2.45. The van der Waals surface area contributed by atoms with Gasteiger partial charge >= 0.3 is 6.07 Å². The van der Waals surface area contributed by atoms with Gasteiger partial charge in [-0.05, 0) is 61.6 Å². The highest BCUT2D eigenvalue weighted by atomic mass is 19.1. The van der Waals surface area contributed by atoms with Gasteiger partial charge < -0.3 is 9.88 Å². The van der Waals surface area contributed by atoms with Gasteiger partial charge in [0.2, 0.25) is 0 Å². The predicted molar refractivity (Wildman–Crippen MR) is 128 cm³/mol. The molecule has 1 aromatic heterocycles. The fraction of sp³-hybridized carbons (Fsp3) is 0.333. The van der Waals surface area contributed by atoms with Crippen LogP contribution in [0.3, 0.4) is 0 Å². The largest absolute Gasteiger partial charge is 0.331 e. The smallest absolute Gasteiger partial charge is 0.331 e. The lowest BCUT2D eigenvalue weighted by Crippen LogP contribution is -2.58. The van der Waals surface area contributed by atoms with E-state index in [1.807, 2.05) is 32.0 Å². The van der Waals surface area contributed by atoms with Gasteiger partial charge in [0, 0.05) is 17.0 Å². The number of H-pyrrole nitrogens is 1. The van der Waals surface area contributed by atoms with Gasteiger partial charge in [0.05, 0.1) is 24.7 Å². The van der Waals surface area contributed by atoms with E-state index in [0.717, 1.165) is 41.1 Å². The van der Waals surface area contributed by atoms with Crippen LogP contribution in [0.15, 0.2) is 36.4 Å². The lowest BCUT2D eigenvalue weighted by atomic mass is 9.86. The molecule has 0 bridgehead atoms. The van der Waals surface area contributed by atoms with Crippen LogP contribution in [-0.4, -0.2) is 40.9 Å². The van der Waals surface area contributed by atoms with Crippen LogP contribution in [0.1, 0.15) is 62.9 Å². The zero-order chi connectivity index (χ0) is 24.0. The van der Waals surface area contributed by atoms with Crippen LogP contribution in [0, 0.1) is 31.2 Å². The summed E-state index contributed by atoms with van der Waals surface area (Å²) in [5.74, 6) is 1.17. The Morgan fingerprint density at radius 3 is 2.53 bits per heavy atom. The van der Waals surface area contributed by atoms with Crippen LogP contribution in [0.4, 0.5) is 4.39 Å². The minimum absolute atomic E-state index is 0.0177. The second kappa shape index (κ2) is 8.11. The number of aromatic amines is 1. The van der Waals surface area contributed by atoms with Crippen molar-refractivity contribution in [2.24, 2.45) is 0 Å². The number of likely N-dealkylation sites (tertiary alicyclic amines) is 1. The fourth-order valence-electron chi connectivity index (χ4n) is 4.57. The summed E-state index contributed by atoms with van der Waals surface area (Å²) in [4.78, 5) is 27.1. The average Bonchev–Trinajstić information content (AvgIpc) is 3.58. The van der Waals surface area contributed by atoms with E-state index in [0.29, 0.717) is 28.3 Å². The Morgan fingerprint density at radius 1 is 1.21 bits per heavy atom. The van der Waals surface area contributed by atoms with Crippen molar-refractivity contribution in [1.82, 2.24) is 14.9 Å². The summed E-state index contributed by atoms with van der Waals surface area (Å²) in [5, 5.41) is 8.96. The maximum absolute atomic E-state index is 15.4. The number of alkyl halides is 1. The first-order valence-electron chi connectivity index (χ1n) is 11.4. The summed E-state index contributed by atoms with van der Waals surface area (Å²) in [6.07, 6.45) is 2.23. The molecule has 1 aliphatic carbocycles. The van der Waals surface area contributed by atoms with E-state index in [9.17, 15) is 4.79 Å². The molecular formula is C27H25FN5O+. The Morgan fingerprint density at radius 2 is 1.91 bits per heavy atom. The molecule has 0 spiro atoms. The topological polar surface area (TPSA) is 77.1 Å². The number of amides is 1. The van der Waals surface area contributed by atoms with Gasteiger partial charge in [-0.25, -0.2) is 9.37 Å². The van der Waals surface area contributed by atoms with E-state index < -0.39 is 5.67 Å². The quantitative estimate of drug-likeness (QED) is 0.598. The van der Waals surface area contributed by atoms with E-state index in [1.54, 1.807) is 31.3 Å². The number of rotatable bonds is 4. The summed E-state index contributed by atoms with van der Waals surface area (Å²) in [6.45, 7) is 3.86. The van der Waals surface area contributed by atoms with Crippen molar-refractivity contribution >= 4 is 5.91 Å². The van der Waals surface area contributed by atoms with E-state index in [2.05, 4.69) is 15.9 Å². The number of imidazole rings is 1. The summed E-state index contributed by atoms with van der Waals surface area (Å²) < 4.78 is 15.4. The molecule has 2 aliphatic rings. The Kier molecular flexibility index (Phi) is 5.21. The molecule has 0 atom stereocenters. The standard InChI is InChI=1S/C27H24FN5O/c1-16-10-17(2)22(11-21(16)24-23(13-30-3)31-25(32-24)19-6-7-19)26(34)33-14-27(28,15-33)20-8-4-18(12-29)5-9-20/h4-5,8-11,19H,6-7,14-15H2,1-3H3/p+1. The van der Waals surface area contributed by atoms with Crippen molar-refractivity contribution < 1.29 is 9.18 Å². The Bertz CT molecular complexity index is 1390. The molecule has 7 heteroatoms. The molecule has 1 amide bonds. The van der Waals surface area contributed by atoms with Crippen LogP contribution >= 0.6 is 0 Å². The molecule has 170 valence electrons. The molecule has 1 aliphatic heterocycles. The number of aryl methyl sites for hydroxylation is 2. The monoisotopic (exact) mass is 454 g/mol. The molecule has 5 rings (SSSR count). The van der Waals surface area contributed by atoms with Gasteiger partial charge in [-0.15, -0.1) is 0 Å². The number of carbonyl (C=O) groups excluding carboxylic acids is 1. The van der Waals surface area contributed by atoms with Crippen LogP contribution in [0.5, 0.6) is 0 Å². The number of hydrogen-bond acceptors (Lipinski definition) is 3. The van der Waals surface area contributed by atoms with E-state index in [1.165, 1.54) is 4.90 Å². The molecule has 34 heavy (non-hydrogen) atoms. The highest BCUT2D eigenvalue weighted by Crippen LogP contribution is 2.41. The van der Waals surface area contributed by atoms with Crippen LogP contribution < -0.4 is 0 Å². The minimum Gasteiger partial charge on any atom is -0.331 e. The minimum atomic E-state index is -1.61. The summed E-state index contributed by atoms with van der Waals surface area (Å²) in [5.41, 5.74) is 4.04. The Balaban J connectivity index is 1.43. The maximum Gasteiger partial charge on any atom is 0.331 e. The number of nitriles is 1. The number of benzene rings is 2. The van der Waals surface area contributed by atoms with E-state index >= 15 is 4.39 Å². The Hall–Kier alpha value is -3.97. The summed E-state index contributed by atoms with van der Waals surface area (Å²) >= 11 is 0. The molecule has 6 nitrogen and oxygen atoms in total. The number of aromatic nitrogens is 2. The van der Waals surface area contributed by atoms with Crippen molar-refractivity contribution in [2.75, 3.05) is 20.1 Å². The fourth-order valence-corrected chi connectivity index (χ4v) is 4.57. The van der Waals surface area contributed by atoms with Gasteiger partial charge in [-0.2, -0.15) is 5.26 Å². The summed E-state index contributed by atoms with van der Waals surface area (Å²) in [6, 6.07) is 15.3. The van der Waals surface area contributed by atoms with Crippen molar-refractivity contribution in [1.29, 1.82) is 5.26 Å². The number of hydrogen-bond donors (Lipinski definition) is 1. The van der Waals surface area contributed by atoms with Gasteiger partial charge in [-0.1, -0.05) is 23.0 Å². The molecule has 1 N–H and O–H groups in total. The third-order valence-corrected chi connectivity index (χ3v) is 6.67. The van der Waals surface area contributed by atoms with Gasteiger partial charge in [0.15, 0.2) is 11.4 Å². The molecule has 2 heterocycles. The second-order valence-corrected chi connectivity index (χ2v) is 9.25. The first-order chi connectivity index (χ1) is 16.3. The zero-order valence-electron chi connectivity index (χ0n) is 19.4. The lowest BCUT2D eigenvalue weighted by molar-refractivity contribution is -0.0231. The van der Waals surface area contributed by atoms with Crippen molar-refractivity contribution in [3.63, 3.8) is 0 Å².